The average Bonchev–Trinajstić information content (AvgIpc) is 2.34. The summed E-state index contributed by atoms with van der Waals surface area (Å²) in [4.78, 5) is 13.1. The maximum atomic E-state index is 11.3. The van der Waals surface area contributed by atoms with E-state index in [-0.39, 0.29) is 18.7 Å². The molecule has 1 aliphatic carbocycles. The zero-order valence-electron chi connectivity index (χ0n) is 7.61. The van der Waals surface area contributed by atoms with Crippen molar-refractivity contribution in [3.8, 4) is 0 Å². The number of aliphatic hydroxyl groups excluding tert-OH is 1. The molecule has 1 heterocycles. The standard InChI is InChI=1S/C9H15NO3/c11-5-4-8-6-13-9(12)10(8)7-2-1-3-7/h7-8,11H,1-6H2. The molecule has 13 heavy (non-hydrogen) atoms. The Kier molecular flexibility index (Phi) is 2.40. The normalized spacial score (nSPS) is 28.8. The summed E-state index contributed by atoms with van der Waals surface area (Å²) in [5.74, 6) is 0. The van der Waals surface area contributed by atoms with Gasteiger partial charge >= 0.3 is 6.09 Å². The Hall–Kier alpha value is -0.770. The maximum absolute atomic E-state index is 11.3. The molecule has 4 nitrogen and oxygen atoms in total. The molecule has 1 amide bonds. The summed E-state index contributed by atoms with van der Waals surface area (Å²) < 4.78 is 4.96. The van der Waals surface area contributed by atoms with E-state index >= 15 is 0 Å². The lowest BCUT2D eigenvalue weighted by Gasteiger charge is -2.36. The second-order valence-corrected chi connectivity index (χ2v) is 3.74. The van der Waals surface area contributed by atoms with E-state index in [9.17, 15) is 4.79 Å². The minimum Gasteiger partial charge on any atom is -0.447 e. The van der Waals surface area contributed by atoms with Gasteiger partial charge in [-0.05, 0) is 25.7 Å². The number of carbonyl (C=O) groups excluding carboxylic acids is 1. The molecule has 1 saturated carbocycles. The second kappa shape index (κ2) is 3.54. The molecule has 2 aliphatic rings. The van der Waals surface area contributed by atoms with Crippen molar-refractivity contribution in [2.45, 2.75) is 37.8 Å². The molecular weight excluding hydrogens is 170 g/mol. The third kappa shape index (κ3) is 1.50. The molecule has 1 N–H and O–H groups in total. The van der Waals surface area contributed by atoms with Gasteiger partial charge in [-0.3, -0.25) is 4.90 Å². The fraction of sp³-hybridized carbons (Fsp3) is 0.889. The molecule has 0 spiro atoms. The molecule has 2 rings (SSSR count). The molecule has 0 bridgehead atoms. The van der Waals surface area contributed by atoms with Crippen molar-refractivity contribution in [1.29, 1.82) is 0 Å². The van der Waals surface area contributed by atoms with Gasteiger partial charge in [0.05, 0.1) is 6.04 Å². The molecule has 1 unspecified atom stereocenters. The average molecular weight is 185 g/mol. The zero-order chi connectivity index (χ0) is 9.26. The van der Waals surface area contributed by atoms with Crippen LogP contribution in [-0.2, 0) is 4.74 Å². The lowest BCUT2D eigenvalue weighted by atomic mass is 9.90. The van der Waals surface area contributed by atoms with Gasteiger partial charge in [-0.15, -0.1) is 0 Å². The highest BCUT2D eigenvalue weighted by Crippen LogP contribution is 2.30. The number of aliphatic hydroxyl groups is 1. The van der Waals surface area contributed by atoms with Crippen molar-refractivity contribution < 1.29 is 14.6 Å². The van der Waals surface area contributed by atoms with Crippen LogP contribution in [0.3, 0.4) is 0 Å². The van der Waals surface area contributed by atoms with Gasteiger partial charge < -0.3 is 9.84 Å². The molecule has 1 saturated heterocycles. The highest BCUT2D eigenvalue weighted by atomic mass is 16.6. The predicted octanol–water partition coefficient (Wildman–Crippen LogP) is 0.742. The first-order chi connectivity index (χ1) is 6.33. The molecule has 0 aromatic carbocycles. The van der Waals surface area contributed by atoms with Crippen LogP contribution in [0.15, 0.2) is 0 Å². The van der Waals surface area contributed by atoms with Crippen molar-refractivity contribution in [3.63, 3.8) is 0 Å². The van der Waals surface area contributed by atoms with E-state index in [4.69, 9.17) is 9.84 Å². The Morgan fingerprint density at radius 3 is 2.85 bits per heavy atom. The van der Waals surface area contributed by atoms with Crippen LogP contribution in [0.25, 0.3) is 0 Å². The van der Waals surface area contributed by atoms with Gasteiger partial charge in [-0.2, -0.15) is 0 Å². The van der Waals surface area contributed by atoms with Gasteiger partial charge in [-0.25, -0.2) is 4.79 Å². The first-order valence-corrected chi connectivity index (χ1v) is 4.89. The monoisotopic (exact) mass is 185 g/mol. The quantitative estimate of drug-likeness (QED) is 0.705. The van der Waals surface area contributed by atoms with Gasteiger partial charge in [0, 0.05) is 12.6 Å². The Labute approximate surface area is 77.5 Å². The van der Waals surface area contributed by atoms with Crippen molar-refractivity contribution in [2.24, 2.45) is 0 Å². The molecular formula is C9H15NO3. The number of rotatable bonds is 3. The zero-order valence-corrected chi connectivity index (χ0v) is 7.61. The van der Waals surface area contributed by atoms with Crippen LogP contribution in [0.1, 0.15) is 25.7 Å². The maximum Gasteiger partial charge on any atom is 0.410 e. The Balaban J connectivity index is 1.98. The number of cyclic esters (lactones) is 1. The third-order valence-corrected chi connectivity index (χ3v) is 2.93. The number of hydrogen-bond acceptors (Lipinski definition) is 3. The summed E-state index contributed by atoms with van der Waals surface area (Å²) in [5, 5.41) is 8.81. The minimum absolute atomic E-state index is 0.114. The van der Waals surface area contributed by atoms with Crippen LogP contribution in [0.4, 0.5) is 4.79 Å². The molecule has 74 valence electrons. The van der Waals surface area contributed by atoms with Gasteiger partial charge in [0.15, 0.2) is 0 Å². The molecule has 4 heteroatoms. The molecule has 1 atom stereocenters. The van der Waals surface area contributed by atoms with E-state index < -0.39 is 0 Å². The number of hydrogen-bond donors (Lipinski definition) is 1. The van der Waals surface area contributed by atoms with Crippen LogP contribution in [0, 0.1) is 0 Å². The Morgan fingerprint density at radius 2 is 2.31 bits per heavy atom. The van der Waals surface area contributed by atoms with Crippen molar-refractivity contribution in [1.82, 2.24) is 4.90 Å². The summed E-state index contributed by atoms with van der Waals surface area (Å²) in [6, 6.07) is 0.495. The smallest absolute Gasteiger partial charge is 0.410 e. The van der Waals surface area contributed by atoms with E-state index in [0.717, 1.165) is 12.8 Å². The highest BCUT2D eigenvalue weighted by molar-refractivity contribution is 5.70. The number of carbonyl (C=O) groups is 1. The first-order valence-electron chi connectivity index (χ1n) is 4.89. The fourth-order valence-electron chi connectivity index (χ4n) is 1.95. The first kappa shape index (κ1) is 8.81. The van der Waals surface area contributed by atoms with E-state index in [2.05, 4.69) is 0 Å². The van der Waals surface area contributed by atoms with Crippen LogP contribution < -0.4 is 0 Å². The van der Waals surface area contributed by atoms with Crippen molar-refractivity contribution in [3.05, 3.63) is 0 Å². The summed E-state index contributed by atoms with van der Waals surface area (Å²) in [7, 11) is 0. The third-order valence-electron chi connectivity index (χ3n) is 2.93. The van der Waals surface area contributed by atoms with E-state index in [1.807, 2.05) is 4.90 Å². The Bertz CT molecular complexity index is 203. The molecule has 0 aromatic rings. The molecule has 1 aliphatic heterocycles. The van der Waals surface area contributed by atoms with Gasteiger partial charge in [0.2, 0.25) is 0 Å². The van der Waals surface area contributed by atoms with E-state index in [0.29, 0.717) is 19.1 Å². The van der Waals surface area contributed by atoms with Crippen molar-refractivity contribution >= 4 is 6.09 Å². The van der Waals surface area contributed by atoms with Crippen LogP contribution in [-0.4, -0.2) is 41.4 Å². The lowest BCUT2D eigenvalue weighted by molar-refractivity contribution is 0.111. The number of amides is 1. The summed E-state index contributed by atoms with van der Waals surface area (Å²) in [6.07, 6.45) is 3.85. The summed E-state index contributed by atoms with van der Waals surface area (Å²) in [5.41, 5.74) is 0. The van der Waals surface area contributed by atoms with Crippen molar-refractivity contribution in [2.75, 3.05) is 13.2 Å². The lowest BCUT2D eigenvalue weighted by Crippen LogP contribution is -2.46. The largest absolute Gasteiger partial charge is 0.447 e. The van der Waals surface area contributed by atoms with Gasteiger partial charge in [0.25, 0.3) is 0 Å². The van der Waals surface area contributed by atoms with Crippen LogP contribution in [0.2, 0.25) is 0 Å². The van der Waals surface area contributed by atoms with Gasteiger partial charge in [-0.1, -0.05) is 0 Å². The van der Waals surface area contributed by atoms with Crippen LogP contribution >= 0.6 is 0 Å². The number of ether oxygens (including phenoxy) is 1. The minimum atomic E-state index is -0.192. The fourth-order valence-corrected chi connectivity index (χ4v) is 1.95. The Morgan fingerprint density at radius 1 is 1.54 bits per heavy atom. The second-order valence-electron chi connectivity index (χ2n) is 3.74. The van der Waals surface area contributed by atoms with Gasteiger partial charge in [0.1, 0.15) is 6.61 Å². The van der Waals surface area contributed by atoms with E-state index in [1.165, 1.54) is 6.42 Å². The van der Waals surface area contributed by atoms with Crippen LogP contribution in [0.5, 0.6) is 0 Å². The molecule has 0 aromatic heterocycles. The molecule has 0 radical (unpaired) electrons. The van der Waals surface area contributed by atoms with E-state index in [1.54, 1.807) is 0 Å². The SMILES string of the molecule is O=C1OCC(CCO)N1C1CCC1. The predicted molar refractivity (Wildman–Crippen MR) is 46.3 cm³/mol. The highest BCUT2D eigenvalue weighted by Gasteiger charge is 2.39. The topological polar surface area (TPSA) is 49.8 Å². The number of nitrogens with zero attached hydrogens (tertiary/aromatic N) is 1. The molecule has 2 fully saturated rings. The summed E-state index contributed by atoms with van der Waals surface area (Å²) >= 11 is 0. The summed E-state index contributed by atoms with van der Waals surface area (Å²) in [6.45, 7) is 0.584.